The van der Waals surface area contributed by atoms with Gasteiger partial charge in [0, 0.05) is 5.56 Å². The highest BCUT2D eigenvalue weighted by atomic mass is 16.5. The van der Waals surface area contributed by atoms with Crippen LogP contribution >= 0.6 is 0 Å². The topological polar surface area (TPSA) is 113 Å². The Morgan fingerprint density at radius 3 is 2.10 bits per heavy atom. The van der Waals surface area contributed by atoms with Crippen molar-refractivity contribution in [3.05, 3.63) is 23.3 Å². The van der Waals surface area contributed by atoms with Gasteiger partial charge in [0.2, 0.25) is 0 Å². The summed E-state index contributed by atoms with van der Waals surface area (Å²) in [6.07, 6.45) is -3.10. The molecule has 1 aromatic rings. The van der Waals surface area contributed by atoms with Crippen molar-refractivity contribution in [2.24, 2.45) is 0 Å². The Hall–Kier alpha value is -2.12. The highest BCUT2D eigenvalue weighted by Gasteiger charge is 2.28. The molecule has 20 heavy (non-hydrogen) atoms. The van der Waals surface area contributed by atoms with Crippen LogP contribution < -0.4 is 9.47 Å². The molecule has 0 heterocycles. The minimum Gasteiger partial charge on any atom is -0.496 e. The van der Waals surface area contributed by atoms with E-state index < -0.39 is 24.6 Å². The number of ether oxygens (including phenoxy) is 2. The molecule has 1 rings (SSSR count). The Morgan fingerprint density at radius 1 is 1.25 bits per heavy atom. The summed E-state index contributed by atoms with van der Waals surface area (Å²) in [6.45, 7) is 0. The van der Waals surface area contributed by atoms with Gasteiger partial charge in [-0.15, -0.1) is 0 Å². The van der Waals surface area contributed by atoms with Crippen LogP contribution in [0.2, 0.25) is 0 Å². The molecule has 0 saturated carbocycles. The third-order valence-corrected chi connectivity index (χ3v) is 2.75. The van der Waals surface area contributed by atoms with Crippen LogP contribution in [0.1, 0.15) is 28.4 Å². The number of aliphatic hydroxyl groups excluding tert-OH is 2. The van der Waals surface area contributed by atoms with Gasteiger partial charge in [-0.3, -0.25) is 9.59 Å². The van der Waals surface area contributed by atoms with Crippen LogP contribution in [0.5, 0.6) is 11.5 Å². The number of carbonyl (C=O) groups excluding carboxylic acids is 1. The van der Waals surface area contributed by atoms with Gasteiger partial charge < -0.3 is 24.8 Å². The van der Waals surface area contributed by atoms with Crippen molar-refractivity contribution >= 4 is 12.3 Å². The Morgan fingerprint density at radius 2 is 1.75 bits per heavy atom. The lowest BCUT2D eigenvalue weighted by Crippen LogP contribution is -2.22. The van der Waals surface area contributed by atoms with E-state index in [2.05, 4.69) is 0 Å². The molecule has 0 fully saturated rings. The number of aliphatic carboxylic acids is 1. The molecule has 7 nitrogen and oxygen atoms in total. The second-order valence-electron chi connectivity index (χ2n) is 4.07. The highest BCUT2D eigenvalue weighted by molar-refractivity contribution is 5.77. The van der Waals surface area contributed by atoms with Crippen LogP contribution in [0.3, 0.4) is 0 Å². The average Bonchev–Trinajstić information content (AvgIpc) is 2.43. The number of methoxy groups -OCH3 is 2. The standard InChI is InChI=1S/C13H16O7/c1-19-9-3-7(6-14)4-10(20-2)12(9)13(18)8(15)5-11(16)17/h3-4,6,8,13,15,18H,5H2,1-2H3,(H,16,17). The molecule has 1 aromatic carbocycles. The number of aldehydes is 1. The zero-order valence-corrected chi connectivity index (χ0v) is 11.1. The van der Waals surface area contributed by atoms with Gasteiger partial charge in [0.25, 0.3) is 0 Å². The smallest absolute Gasteiger partial charge is 0.306 e. The summed E-state index contributed by atoms with van der Waals surface area (Å²) in [4.78, 5) is 21.4. The molecule has 7 heteroatoms. The van der Waals surface area contributed by atoms with Crippen molar-refractivity contribution in [1.29, 1.82) is 0 Å². The molecule has 0 spiro atoms. The summed E-state index contributed by atoms with van der Waals surface area (Å²) in [7, 11) is 2.65. The minimum atomic E-state index is -1.53. The van der Waals surface area contributed by atoms with Crippen molar-refractivity contribution in [3.63, 3.8) is 0 Å². The second-order valence-corrected chi connectivity index (χ2v) is 4.07. The maximum Gasteiger partial charge on any atom is 0.306 e. The summed E-state index contributed by atoms with van der Waals surface area (Å²) >= 11 is 0. The summed E-state index contributed by atoms with van der Waals surface area (Å²) in [5.41, 5.74) is 0.358. The molecule has 2 atom stereocenters. The lowest BCUT2D eigenvalue weighted by Gasteiger charge is -2.21. The van der Waals surface area contributed by atoms with Gasteiger partial charge in [-0.2, -0.15) is 0 Å². The third-order valence-electron chi connectivity index (χ3n) is 2.75. The first kappa shape index (κ1) is 15.9. The SMILES string of the molecule is COc1cc(C=O)cc(OC)c1C(O)C(O)CC(=O)O. The molecule has 0 aliphatic heterocycles. The summed E-state index contributed by atoms with van der Waals surface area (Å²) in [5.74, 6) is -0.995. The molecule has 0 amide bonds. The normalized spacial score (nSPS) is 13.4. The number of aliphatic hydroxyl groups is 2. The van der Waals surface area contributed by atoms with E-state index in [4.69, 9.17) is 14.6 Å². The molecular weight excluding hydrogens is 268 g/mol. The van der Waals surface area contributed by atoms with E-state index in [-0.39, 0.29) is 22.6 Å². The van der Waals surface area contributed by atoms with Gasteiger partial charge in [-0.05, 0) is 12.1 Å². The minimum absolute atomic E-state index is 0.0920. The molecule has 0 aliphatic carbocycles. The number of rotatable bonds is 7. The molecule has 2 unspecified atom stereocenters. The van der Waals surface area contributed by atoms with Crippen molar-refractivity contribution < 1.29 is 34.4 Å². The van der Waals surface area contributed by atoms with Crippen LogP contribution in [-0.2, 0) is 4.79 Å². The third kappa shape index (κ3) is 3.46. The number of carboxylic acid groups (broad SMARTS) is 1. The van der Waals surface area contributed by atoms with Crippen LogP contribution in [0.4, 0.5) is 0 Å². The zero-order valence-electron chi connectivity index (χ0n) is 11.1. The Kier molecular flexibility index (Phi) is 5.48. The molecule has 0 saturated heterocycles. The summed E-state index contributed by atoms with van der Waals surface area (Å²) < 4.78 is 10.1. The lowest BCUT2D eigenvalue weighted by atomic mass is 9.98. The van der Waals surface area contributed by atoms with Crippen LogP contribution in [0.15, 0.2) is 12.1 Å². The Bertz CT molecular complexity index is 472. The first-order valence-electron chi connectivity index (χ1n) is 5.73. The largest absolute Gasteiger partial charge is 0.496 e. The van der Waals surface area contributed by atoms with Gasteiger partial charge in [0.15, 0.2) is 0 Å². The fraction of sp³-hybridized carbons (Fsp3) is 0.385. The van der Waals surface area contributed by atoms with Crippen molar-refractivity contribution in [3.8, 4) is 11.5 Å². The molecule has 0 radical (unpaired) electrons. The van der Waals surface area contributed by atoms with E-state index in [1.165, 1.54) is 26.4 Å². The quantitative estimate of drug-likeness (QED) is 0.620. The fourth-order valence-corrected chi connectivity index (χ4v) is 1.80. The van der Waals surface area contributed by atoms with Crippen molar-refractivity contribution in [2.75, 3.05) is 14.2 Å². The number of hydrogen-bond donors (Lipinski definition) is 3. The fourth-order valence-electron chi connectivity index (χ4n) is 1.80. The Labute approximate surface area is 115 Å². The molecule has 0 aliphatic rings. The number of carbonyl (C=O) groups is 2. The molecular formula is C13H16O7. The predicted octanol–water partition coefficient (Wildman–Crippen LogP) is 0.385. The van der Waals surface area contributed by atoms with Crippen molar-refractivity contribution in [1.82, 2.24) is 0 Å². The number of hydrogen-bond acceptors (Lipinski definition) is 6. The molecule has 110 valence electrons. The molecule has 3 N–H and O–H groups in total. The first-order chi connectivity index (χ1) is 9.44. The van der Waals surface area contributed by atoms with E-state index in [0.717, 1.165) is 0 Å². The molecule has 0 bridgehead atoms. The summed E-state index contributed by atoms with van der Waals surface area (Å²) in [6, 6.07) is 2.73. The van der Waals surface area contributed by atoms with Gasteiger partial charge >= 0.3 is 5.97 Å². The van der Waals surface area contributed by atoms with Crippen LogP contribution in [0, 0.1) is 0 Å². The van der Waals surface area contributed by atoms with E-state index in [1.54, 1.807) is 0 Å². The Balaban J connectivity index is 3.26. The highest BCUT2D eigenvalue weighted by Crippen LogP contribution is 2.37. The van der Waals surface area contributed by atoms with Gasteiger partial charge in [0.1, 0.15) is 23.9 Å². The van der Waals surface area contributed by atoms with E-state index in [1.807, 2.05) is 0 Å². The van der Waals surface area contributed by atoms with E-state index >= 15 is 0 Å². The lowest BCUT2D eigenvalue weighted by molar-refractivity contribution is -0.141. The first-order valence-corrected chi connectivity index (χ1v) is 5.73. The predicted molar refractivity (Wildman–Crippen MR) is 68.2 cm³/mol. The van der Waals surface area contributed by atoms with E-state index in [0.29, 0.717) is 6.29 Å². The van der Waals surface area contributed by atoms with Gasteiger partial charge in [0.05, 0.1) is 32.3 Å². The van der Waals surface area contributed by atoms with Crippen molar-refractivity contribution in [2.45, 2.75) is 18.6 Å². The number of carboxylic acids is 1. The zero-order chi connectivity index (χ0) is 15.3. The monoisotopic (exact) mass is 284 g/mol. The van der Waals surface area contributed by atoms with E-state index in [9.17, 15) is 19.8 Å². The maximum atomic E-state index is 10.8. The van der Waals surface area contributed by atoms with Crippen LogP contribution in [0.25, 0.3) is 0 Å². The van der Waals surface area contributed by atoms with Crippen LogP contribution in [-0.4, -0.2) is 47.9 Å². The second kappa shape index (κ2) is 6.88. The summed E-state index contributed by atoms with van der Waals surface area (Å²) in [5, 5.41) is 28.4. The van der Waals surface area contributed by atoms with Gasteiger partial charge in [-0.1, -0.05) is 0 Å². The molecule has 0 aromatic heterocycles. The average molecular weight is 284 g/mol. The number of benzene rings is 1. The van der Waals surface area contributed by atoms with Gasteiger partial charge in [-0.25, -0.2) is 0 Å². The maximum absolute atomic E-state index is 10.8.